The Morgan fingerprint density at radius 1 is 1.21 bits per heavy atom. The van der Waals surface area contributed by atoms with Crippen LogP contribution in [-0.4, -0.2) is 20.0 Å². The fourth-order valence-corrected chi connectivity index (χ4v) is 1.95. The summed E-state index contributed by atoms with van der Waals surface area (Å²) in [5.74, 6) is 0.178. The lowest BCUT2D eigenvalue weighted by Gasteiger charge is -2.09. The van der Waals surface area contributed by atoms with Gasteiger partial charge in [-0.2, -0.15) is 5.10 Å². The topological polar surface area (TPSA) is 70.3 Å². The predicted molar refractivity (Wildman–Crippen MR) is 72.8 cm³/mol. The number of phenols is 2. The first kappa shape index (κ1) is 13.4. The highest BCUT2D eigenvalue weighted by molar-refractivity contribution is 5.38. The van der Waals surface area contributed by atoms with Crippen LogP contribution >= 0.6 is 0 Å². The molecule has 0 unspecified atom stereocenters. The Hall–Kier alpha value is -2.01. The summed E-state index contributed by atoms with van der Waals surface area (Å²) in [7, 11) is 0. The smallest absolute Gasteiger partial charge is 0.123 e. The van der Waals surface area contributed by atoms with Crippen molar-refractivity contribution in [3.63, 3.8) is 0 Å². The molecule has 2 rings (SSSR count). The lowest BCUT2D eigenvalue weighted by molar-refractivity contribution is 0.443. The van der Waals surface area contributed by atoms with E-state index in [9.17, 15) is 10.2 Å². The molecule has 0 spiro atoms. The number of rotatable bonds is 6. The molecule has 0 amide bonds. The second-order valence-electron chi connectivity index (χ2n) is 4.46. The summed E-state index contributed by atoms with van der Waals surface area (Å²) in [6.07, 6.45) is 2.85. The molecule has 0 aliphatic rings. The van der Waals surface area contributed by atoms with Crippen molar-refractivity contribution in [2.75, 3.05) is 0 Å². The predicted octanol–water partition coefficient (Wildman–Crippen LogP) is 1.99. The number of aromatic hydroxyl groups is 2. The Kier molecular flexibility index (Phi) is 4.41. The Labute approximate surface area is 112 Å². The number of nitrogens with zero attached hydrogens (tertiary/aromatic N) is 2. The van der Waals surface area contributed by atoms with Gasteiger partial charge in [0.2, 0.25) is 0 Å². The third-order valence-electron chi connectivity index (χ3n) is 2.93. The molecule has 102 valence electrons. The third kappa shape index (κ3) is 3.48. The second kappa shape index (κ2) is 6.24. The van der Waals surface area contributed by atoms with E-state index in [-0.39, 0.29) is 11.5 Å². The zero-order valence-corrected chi connectivity index (χ0v) is 11.0. The number of hydrogen-bond donors (Lipinski definition) is 3. The number of phenolic OH excluding ortho intramolecular Hbond substituents is 2. The molecular weight excluding hydrogens is 242 g/mol. The number of nitrogens with one attached hydrogen (secondary N) is 1. The normalized spacial score (nSPS) is 10.8. The third-order valence-corrected chi connectivity index (χ3v) is 2.93. The van der Waals surface area contributed by atoms with Crippen LogP contribution in [0.1, 0.15) is 24.6 Å². The van der Waals surface area contributed by atoms with Crippen molar-refractivity contribution in [1.82, 2.24) is 15.1 Å². The summed E-state index contributed by atoms with van der Waals surface area (Å²) in [6.45, 7) is 4.27. The molecule has 5 nitrogen and oxygen atoms in total. The molecule has 1 heterocycles. The molecule has 19 heavy (non-hydrogen) atoms. The van der Waals surface area contributed by atoms with E-state index in [4.69, 9.17) is 0 Å². The van der Waals surface area contributed by atoms with Crippen LogP contribution in [0.25, 0.3) is 0 Å². The molecular formula is C14H19N3O2. The standard InChI is InChI=1S/C14H19N3O2/c1-2-7-17-12(5-6-16-17)10-15-9-11-3-4-13(18)8-14(11)19/h3-6,8,15,18-19H,2,7,9-10H2,1H3. The van der Waals surface area contributed by atoms with Crippen LogP contribution in [0.15, 0.2) is 30.5 Å². The van der Waals surface area contributed by atoms with Crippen LogP contribution in [0.4, 0.5) is 0 Å². The quantitative estimate of drug-likeness (QED) is 0.743. The molecule has 0 atom stereocenters. The Balaban J connectivity index is 1.91. The maximum atomic E-state index is 9.67. The summed E-state index contributed by atoms with van der Waals surface area (Å²) in [6, 6.07) is 6.61. The van der Waals surface area contributed by atoms with Gasteiger partial charge < -0.3 is 15.5 Å². The van der Waals surface area contributed by atoms with E-state index in [0.717, 1.165) is 24.2 Å². The van der Waals surface area contributed by atoms with Gasteiger partial charge in [-0.25, -0.2) is 0 Å². The van der Waals surface area contributed by atoms with Crippen LogP contribution in [0.5, 0.6) is 11.5 Å². The molecule has 1 aromatic carbocycles. The molecule has 0 bridgehead atoms. The first-order valence-electron chi connectivity index (χ1n) is 6.43. The average Bonchev–Trinajstić information content (AvgIpc) is 2.80. The first-order chi connectivity index (χ1) is 9.20. The van der Waals surface area contributed by atoms with Gasteiger partial charge >= 0.3 is 0 Å². The minimum atomic E-state index is 0.0715. The van der Waals surface area contributed by atoms with Crippen molar-refractivity contribution in [1.29, 1.82) is 0 Å². The average molecular weight is 261 g/mol. The molecule has 0 aliphatic heterocycles. The van der Waals surface area contributed by atoms with Gasteiger partial charge in [-0.15, -0.1) is 0 Å². The van der Waals surface area contributed by atoms with E-state index in [0.29, 0.717) is 13.1 Å². The van der Waals surface area contributed by atoms with E-state index < -0.39 is 0 Å². The van der Waals surface area contributed by atoms with Crippen LogP contribution in [0.3, 0.4) is 0 Å². The Bertz CT molecular complexity index is 537. The lowest BCUT2D eigenvalue weighted by atomic mass is 10.2. The Morgan fingerprint density at radius 2 is 2.05 bits per heavy atom. The number of benzene rings is 1. The van der Waals surface area contributed by atoms with Gasteiger partial charge in [0.1, 0.15) is 11.5 Å². The van der Waals surface area contributed by atoms with Crippen LogP contribution in [-0.2, 0) is 19.6 Å². The van der Waals surface area contributed by atoms with Gasteiger partial charge in [0.05, 0.1) is 5.69 Å². The van der Waals surface area contributed by atoms with Gasteiger partial charge in [0.15, 0.2) is 0 Å². The van der Waals surface area contributed by atoms with Crippen molar-refractivity contribution < 1.29 is 10.2 Å². The van der Waals surface area contributed by atoms with Gasteiger partial charge in [0.25, 0.3) is 0 Å². The molecule has 0 aliphatic carbocycles. The molecule has 0 fully saturated rings. The number of hydrogen-bond acceptors (Lipinski definition) is 4. The highest BCUT2D eigenvalue weighted by atomic mass is 16.3. The van der Waals surface area contributed by atoms with E-state index in [1.807, 2.05) is 10.7 Å². The molecule has 2 aromatic rings. The first-order valence-corrected chi connectivity index (χ1v) is 6.43. The zero-order chi connectivity index (χ0) is 13.7. The number of aryl methyl sites for hydroxylation is 1. The van der Waals surface area contributed by atoms with Crippen molar-refractivity contribution in [2.45, 2.75) is 33.0 Å². The fraction of sp³-hybridized carbons (Fsp3) is 0.357. The van der Waals surface area contributed by atoms with E-state index >= 15 is 0 Å². The van der Waals surface area contributed by atoms with E-state index in [2.05, 4.69) is 17.3 Å². The summed E-state index contributed by atoms with van der Waals surface area (Å²) in [5, 5.41) is 26.4. The van der Waals surface area contributed by atoms with Crippen molar-refractivity contribution in [2.24, 2.45) is 0 Å². The summed E-state index contributed by atoms with van der Waals surface area (Å²) >= 11 is 0. The van der Waals surface area contributed by atoms with Crippen molar-refractivity contribution in [3.05, 3.63) is 41.7 Å². The van der Waals surface area contributed by atoms with Crippen molar-refractivity contribution >= 4 is 0 Å². The van der Waals surface area contributed by atoms with Gasteiger partial charge in [0, 0.05) is 37.5 Å². The minimum Gasteiger partial charge on any atom is -0.508 e. The van der Waals surface area contributed by atoms with Crippen LogP contribution in [0, 0.1) is 0 Å². The number of aromatic nitrogens is 2. The van der Waals surface area contributed by atoms with E-state index in [1.165, 1.54) is 6.07 Å². The molecule has 0 saturated carbocycles. The van der Waals surface area contributed by atoms with Gasteiger partial charge in [-0.3, -0.25) is 4.68 Å². The maximum absolute atomic E-state index is 9.67. The maximum Gasteiger partial charge on any atom is 0.123 e. The minimum absolute atomic E-state index is 0.0715. The largest absolute Gasteiger partial charge is 0.508 e. The summed E-state index contributed by atoms with van der Waals surface area (Å²) in [5.41, 5.74) is 1.89. The lowest BCUT2D eigenvalue weighted by Crippen LogP contribution is -2.16. The molecule has 1 aromatic heterocycles. The van der Waals surface area contributed by atoms with Crippen LogP contribution in [0.2, 0.25) is 0 Å². The molecule has 0 saturated heterocycles. The fourth-order valence-electron chi connectivity index (χ4n) is 1.95. The highest BCUT2D eigenvalue weighted by Crippen LogP contribution is 2.22. The van der Waals surface area contributed by atoms with Crippen molar-refractivity contribution in [3.8, 4) is 11.5 Å². The monoisotopic (exact) mass is 261 g/mol. The second-order valence-corrected chi connectivity index (χ2v) is 4.46. The zero-order valence-electron chi connectivity index (χ0n) is 11.0. The van der Waals surface area contributed by atoms with Crippen LogP contribution < -0.4 is 5.32 Å². The van der Waals surface area contributed by atoms with E-state index in [1.54, 1.807) is 18.3 Å². The van der Waals surface area contributed by atoms with Gasteiger partial charge in [-0.1, -0.05) is 13.0 Å². The summed E-state index contributed by atoms with van der Waals surface area (Å²) < 4.78 is 1.98. The summed E-state index contributed by atoms with van der Waals surface area (Å²) in [4.78, 5) is 0. The molecule has 3 N–H and O–H groups in total. The van der Waals surface area contributed by atoms with Gasteiger partial charge in [-0.05, 0) is 18.6 Å². The molecule has 0 radical (unpaired) electrons. The molecule has 5 heteroatoms. The Morgan fingerprint density at radius 3 is 2.79 bits per heavy atom. The SMILES string of the molecule is CCCn1nccc1CNCc1ccc(O)cc1O. The highest BCUT2D eigenvalue weighted by Gasteiger charge is 2.04.